The van der Waals surface area contributed by atoms with Crippen molar-refractivity contribution in [3.8, 4) is 0 Å². The summed E-state index contributed by atoms with van der Waals surface area (Å²) in [5.41, 5.74) is 0.218. The summed E-state index contributed by atoms with van der Waals surface area (Å²) in [6.45, 7) is -2.09. The van der Waals surface area contributed by atoms with Gasteiger partial charge in [-0.1, -0.05) is 22.0 Å². The van der Waals surface area contributed by atoms with Gasteiger partial charge in [-0.2, -0.15) is 13.2 Å². The molecule has 3 rings (SSSR count). The lowest BCUT2D eigenvalue weighted by Crippen LogP contribution is -2.31. The second-order valence-corrected chi connectivity index (χ2v) is 6.70. The normalized spacial score (nSPS) is 17.7. The number of hydrogen-bond donors (Lipinski definition) is 0. The lowest BCUT2D eigenvalue weighted by Gasteiger charge is -2.15. The van der Waals surface area contributed by atoms with Crippen molar-refractivity contribution in [2.24, 2.45) is 0 Å². The minimum absolute atomic E-state index is 0.000509. The van der Waals surface area contributed by atoms with Crippen LogP contribution < -0.4 is 0 Å². The number of likely N-dealkylation sites (tertiary alicyclic amines) is 1. The first-order chi connectivity index (χ1) is 11.1. The number of rotatable bonds is 2. The summed E-state index contributed by atoms with van der Waals surface area (Å²) in [4.78, 5) is 13.5. The van der Waals surface area contributed by atoms with E-state index < -0.39 is 37.5 Å². The predicted octanol–water partition coefficient (Wildman–Crippen LogP) is 4.45. The van der Waals surface area contributed by atoms with E-state index in [1.807, 2.05) is 0 Å². The maximum Gasteiger partial charge on any atom is 0.406 e. The Bertz CT molecular complexity index is 799. The summed E-state index contributed by atoms with van der Waals surface area (Å²) in [6, 6.07) is 4.57. The molecule has 3 nitrogen and oxygen atoms in total. The summed E-state index contributed by atoms with van der Waals surface area (Å²) in [7, 11) is 0. The van der Waals surface area contributed by atoms with E-state index in [1.165, 1.54) is 12.1 Å². The van der Waals surface area contributed by atoms with Crippen LogP contribution in [0.3, 0.4) is 0 Å². The van der Waals surface area contributed by atoms with Crippen LogP contribution in [-0.2, 0) is 6.54 Å². The second kappa shape index (κ2) is 5.72. The molecule has 0 spiro atoms. The van der Waals surface area contributed by atoms with Crippen molar-refractivity contribution >= 4 is 32.7 Å². The summed E-state index contributed by atoms with van der Waals surface area (Å²) >= 11 is 3.18. The molecule has 130 valence electrons. The van der Waals surface area contributed by atoms with Gasteiger partial charge in [-0.25, -0.2) is 8.78 Å². The van der Waals surface area contributed by atoms with E-state index in [1.54, 1.807) is 6.07 Å². The van der Waals surface area contributed by atoms with Gasteiger partial charge >= 0.3 is 6.18 Å². The van der Waals surface area contributed by atoms with Gasteiger partial charge < -0.3 is 9.47 Å². The van der Waals surface area contributed by atoms with E-state index in [0.29, 0.717) is 9.86 Å². The number of halogens is 6. The SMILES string of the molecule is O=C(c1cn(CC(F)(F)F)c2cc(Br)ccc12)N1CCC(F)(F)C1. The van der Waals surface area contributed by atoms with Crippen molar-refractivity contribution in [1.82, 2.24) is 9.47 Å². The highest BCUT2D eigenvalue weighted by Crippen LogP contribution is 2.32. The lowest BCUT2D eigenvalue weighted by molar-refractivity contribution is -0.139. The van der Waals surface area contributed by atoms with Crippen LogP contribution in [0.1, 0.15) is 16.8 Å². The van der Waals surface area contributed by atoms with Gasteiger partial charge in [0.15, 0.2) is 0 Å². The van der Waals surface area contributed by atoms with Gasteiger partial charge in [0, 0.05) is 29.0 Å². The zero-order valence-corrected chi connectivity index (χ0v) is 13.8. The molecule has 24 heavy (non-hydrogen) atoms. The molecule has 1 amide bonds. The number of alkyl halides is 5. The third-order valence-corrected chi connectivity index (χ3v) is 4.37. The Morgan fingerprint density at radius 2 is 2.00 bits per heavy atom. The Kier molecular flexibility index (Phi) is 4.09. The van der Waals surface area contributed by atoms with Crippen LogP contribution in [0.15, 0.2) is 28.9 Å². The van der Waals surface area contributed by atoms with Crippen LogP contribution in [0.4, 0.5) is 22.0 Å². The Hall–Kier alpha value is -1.64. The first-order valence-corrected chi connectivity index (χ1v) is 7.87. The standard InChI is InChI=1S/C15H12BrF5N2O/c16-9-1-2-10-11(13(24)22-4-3-14(17,18)7-22)6-23(12(10)5-9)8-15(19,20)21/h1-2,5-6H,3-4,7-8H2. The van der Waals surface area contributed by atoms with E-state index in [-0.39, 0.29) is 17.6 Å². The number of nitrogens with zero attached hydrogens (tertiary/aromatic N) is 2. The third kappa shape index (κ3) is 3.40. The van der Waals surface area contributed by atoms with Gasteiger partial charge in [0.1, 0.15) is 6.54 Å². The molecule has 1 fully saturated rings. The number of carbonyl (C=O) groups excluding carboxylic acids is 1. The molecule has 1 aromatic heterocycles. The minimum Gasteiger partial charge on any atom is -0.337 e. The fourth-order valence-electron chi connectivity index (χ4n) is 2.84. The fraction of sp³-hybridized carbons (Fsp3) is 0.400. The Morgan fingerprint density at radius 1 is 1.29 bits per heavy atom. The van der Waals surface area contributed by atoms with Gasteiger partial charge in [-0.05, 0) is 12.1 Å². The van der Waals surface area contributed by atoms with E-state index in [0.717, 1.165) is 15.7 Å². The molecular formula is C15H12BrF5N2O. The van der Waals surface area contributed by atoms with E-state index >= 15 is 0 Å². The zero-order valence-electron chi connectivity index (χ0n) is 12.2. The second-order valence-electron chi connectivity index (χ2n) is 5.78. The molecule has 0 saturated carbocycles. The molecule has 9 heteroatoms. The average Bonchev–Trinajstić information content (AvgIpc) is 2.97. The molecular weight excluding hydrogens is 399 g/mol. The molecule has 2 aromatic rings. The molecule has 1 aliphatic heterocycles. The summed E-state index contributed by atoms with van der Waals surface area (Å²) in [6.07, 6.45) is -3.82. The van der Waals surface area contributed by atoms with Crippen LogP contribution in [-0.4, -0.2) is 40.6 Å². The number of amides is 1. The average molecular weight is 411 g/mol. The molecule has 0 unspecified atom stereocenters. The van der Waals surface area contributed by atoms with Crippen molar-refractivity contribution in [3.63, 3.8) is 0 Å². The van der Waals surface area contributed by atoms with E-state index in [4.69, 9.17) is 0 Å². The first kappa shape index (κ1) is 17.2. The highest BCUT2D eigenvalue weighted by atomic mass is 79.9. The Labute approximate surface area is 142 Å². The molecule has 1 aromatic carbocycles. The molecule has 1 aliphatic rings. The number of fused-ring (bicyclic) bond motifs is 1. The van der Waals surface area contributed by atoms with Crippen molar-refractivity contribution in [2.75, 3.05) is 13.1 Å². The Morgan fingerprint density at radius 3 is 2.58 bits per heavy atom. The summed E-state index contributed by atoms with van der Waals surface area (Å²) in [5.74, 6) is -3.64. The number of benzene rings is 1. The summed E-state index contributed by atoms with van der Waals surface area (Å²) in [5, 5.41) is 0.308. The van der Waals surface area contributed by atoms with Crippen LogP contribution in [0.25, 0.3) is 10.9 Å². The molecule has 0 radical (unpaired) electrons. The van der Waals surface area contributed by atoms with Crippen molar-refractivity contribution in [2.45, 2.75) is 25.1 Å². The number of aromatic nitrogens is 1. The molecule has 0 aliphatic carbocycles. The smallest absolute Gasteiger partial charge is 0.337 e. The van der Waals surface area contributed by atoms with Crippen molar-refractivity contribution < 1.29 is 26.7 Å². The minimum atomic E-state index is -4.46. The lowest BCUT2D eigenvalue weighted by atomic mass is 10.1. The van der Waals surface area contributed by atoms with Gasteiger partial charge in [0.25, 0.3) is 11.8 Å². The third-order valence-electron chi connectivity index (χ3n) is 3.88. The van der Waals surface area contributed by atoms with Crippen molar-refractivity contribution in [1.29, 1.82) is 0 Å². The number of carbonyl (C=O) groups is 1. The van der Waals surface area contributed by atoms with Crippen LogP contribution in [0.5, 0.6) is 0 Å². The molecule has 0 N–H and O–H groups in total. The van der Waals surface area contributed by atoms with Crippen LogP contribution in [0.2, 0.25) is 0 Å². The first-order valence-electron chi connectivity index (χ1n) is 7.08. The number of hydrogen-bond acceptors (Lipinski definition) is 1. The van der Waals surface area contributed by atoms with E-state index in [2.05, 4.69) is 15.9 Å². The highest BCUT2D eigenvalue weighted by molar-refractivity contribution is 9.10. The quantitative estimate of drug-likeness (QED) is 0.671. The molecule has 1 saturated heterocycles. The topological polar surface area (TPSA) is 25.2 Å². The fourth-order valence-corrected chi connectivity index (χ4v) is 3.19. The van der Waals surface area contributed by atoms with Gasteiger partial charge in [0.2, 0.25) is 0 Å². The predicted molar refractivity (Wildman–Crippen MR) is 81.2 cm³/mol. The zero-order chi connectivity index (χ0) is 17.7. The monoisotopic (exact) mass is 410 g/mol. The highest BCUT2D eigenvalue weighted by Gasteiger charge is 2.41. The largest absolute Gasteiger partial charge is 0.406 e. The van der Waals surface area contributed by atoms with Gasteiger partial charge in [-0.15, -0.1) is 0 Å². The van der Waals surface area contributed by atoms with Gasteiger partial charge in [-0.3, -0.25) is 4.79 Å². The van der Waals surface area contributed by atoms with Crippen molar-refractivity contribution in [3.05, 3.63) is 34.4 Å². The molecule has 0 bridgehead atoms. The maximum atomic E-state index is 13.3. The summed E-state index contributed by atoms with van der Waals surface area (Å²) < 4.78 is 66.4. The van der Waals surface area contributed by atoms with Crippen LogP contribution >= 0.6 is 15.9 Å². The maximum absolute atomic E-state index is 13.3. The molecule has 2 heterocycles. The van der Waals surface area contributed by atoms with Gasteiger partial charge in [0.05, 0.1) is 17.6 Å². The van der Waals surface area contributed by atoms with Crippen LogP contribution in [0, 0.1) is 0 Å². The molecule has 0 atom stereocenters. The Balaban J connectivity index is 2.03. The van der Waals surface area contributed by atoms with E-state index in [9.17, 15) is 26.7 Å².